The fourth-order valence-corrected chi connectivity index (χ4v) is 1.79. The van der Waals surface area contributed by atoms with Crippen molar-refractivity contribution in [2.45, 2.75) is 6.92 Å². The molecule has 2 aromatic carbocycles. The molecule has 21 heavy (non-hydrogen) atoms. The molecule has 108 valence electrons. The Kier molecular flexibility index (Phi) is 5.48. The Morgan fingerprint density at radius 3 is 2.14 bits per heavy atom. The van der Waals surface area contributed by atoms with Crippen LogP contribution in [0.5, 0.6) is 17.2 Å². The van der Waals surface area contributed by atoms with Crippen molar-refractivity contribution in [2.75, 3.05) is 19.8 Å². The Bertz CT molecular complexity index is 602. The summed E-state index contributed by atoms with van der Waals surface area (Å²) >= 11 is 0. The standard InChI is InChI=1S/C17H17NO3/c1-2-19-15-7-9-16(10-8-15)20-11-12-21-17-6-4-3-5-14(17)13-18/h3-10H,2,11-12H2,1H3. The van der Waals surface area contributed by atoms with E-state index >= 15 is 0 Å². The van der Waals surface area contributed by atoms with Crippen LogP contribution in [-0.2, 0) is 0 Å². The molecule has 0 fully saturated rings. The van der Waals surface area contributed by atoms with Gasteiger partial charge in [-0.3, -0.25) is 0 Å². The third-order valence-corrected chi connectivity index (χ3v) is 2.75. The van der Waals surface area contributed by atoms with Gasteiger partial charge in [-0.15, -0.1) is 0 Å². The second-order valence-electron chi connectivity index (χ2n) is 4.21. The van der Waals surface area contributed by atoms with E-state index in [9.17, 15) is 0 Å². The van der Waals surface area contributed by atoms with Gasteiger partial charge in [-0.1, -0.05) is 12.1 Å². The van der Waals surface area contributed by atoms with Crippen LogP contribution in [0.1, 0.15) is 12.5 Å². The molecule has 0 unspecified atom stereocenters. The van der Waals surface area contributed by atoms with Crippen LogP contribution in [0, 0.1) is 11.3 Å². The molecule has 0 aromatic heterocycles. The molecular weight excluding hydrogens is 266 g/mol. The van der Waals surface area contributed by atoms with E-state index in [-0.39, 0.29) is 0 Å². The van der Waals surface area contributed by atoms with Crippen molar-refractivity contribution >= 4 is 0 Å². The highest BCUT2D eigenvalue weighted by Crippen LogP contribution is 2.18. The van der Waals surface area contributed by atoms with E-state index in [1.807, 2.05) is 43.3 Å². The lowest BCUT2D eigenvalue weighted by Gasteiger charge is -2.10. The Balaban J connectivity index is 1.78. The third-order valence-electron chi connectivity index (χ3n) is 2.75. The smallest absolute Gasteiger partial charge is 0.137 e. The van der Waals surface area contributed by atoms with E-state index < -0.39 is 0 Å². The largest absolute Gasteiger partial charge is 0.494 e. The normalized spacial score (nSPS) is 9.71. The summed E-state index contributed by atoms with van der Waals surface area (Å²) in [7, 11) is 0. The monoisotopic (exact) mass is 283 g/mol. The van der Waals surface area contributed by atoms with Gasteiger partial charge >= 0.3 is 0 Å². The van der Waals surface area contributed by atoms with Crippen molar-refractivity contribution in [2.24, 2.45) is 0 Å². The van der Waals surface area contributed by atoms with Crippen LogP contribution in [0.15, 0.2) is 48.5 Å². The molecule has 0 aliphatic heterocycles. The minimum Gasteiger partial charge on any atom is -0.494 e. The summed E-state index contributed by atoms with van der Waals surface area (Å²) in [5.74, 6) is 2.16. The van der Waals surface area contributed by atoms with Crippen LogP contribution in [-0.4, -0.2) is 19.8 Å². The van der Waals surface area contributed by atoms with Gasteiger partial charge in [0.05, 0.1) is 12.2 Å². The Morgan fingerprint density at radius 1 is 0.857 bits per heavy atom. The molecule has 0 aliphatic rings. The minimum absolute atomic E-state index is 0.381. The predicted molar refractivity (Wildman–Crippen MR) is 79.8 cm³/mol. The van der Waals surface area contributed by atoms with E-state index in [2.05, 4.69) is 6.07 Å². The number of nitriles is 1. The average molecular weight is 283 g/mol. The van der Waals surface area contributed by atoms with Gasteiger partial charge in [-0.2, -0.15) is 5.26 Å². The fourth-order valence-electron chi connectivity index (χ4n) is 1.79. The fraction of sp³-hybridized carbons (Fsp3) is 0.235. The highest BCUT2D eigenvalue weighted by molar-refractivity contribution is 5.42. The number of benzene rings is 2. The van der Waals surface area contributed by atoms with Crippen molar-refractivity contribution < 1.29 is 14.2 Å². The second kappa shape index (κ2) is 7.81. The van der Waals surface area contributed by atoms with E-state index in [4.69, 9.17) is 19.5 Å². The van der Waals surface area contributed by atoms with E-state index in [0.717, 1.165) is 11.5 Å². The zero-order valence-corrected chi connectivity index (χ0v) is 11.9. The van der Waals surface area contributed by atoms with E-state index in [0.29, 0.717) is 31.1 Å². The molecule has 0 N–H and O–H groups in total. The molecule has 0 atom stereocenters. The number of hydrogen-bond donors (Lipinski definition) is 0. The quantitative estimate of drug-likeness (QED) is 0.731. The highest BCUT2D eigenvalue weighted by Gasteiger charge is 2.01. The zero-order chi connectivity index (χ0) is 14.9. The first-order valence-corrected chi connectivity index (χ1v) is 6.81. The Hall–Kier alpha value is -2.67. The van der Waals surface area contributed by atoms with Crippen LogP contribution in [0.3, 0.4) is 0 Å². The van der Waals surface area contributed by atoms with Crippen LogP contribution in [0.2, 0.25) is 0 Å². The molecular formula is C17H17NO3. The molecule has 0 spiro atoms. The molecule has 2 rings (SSSR count). The third kappa shape index (κ3) is 4.43. The summed E-state index contributed by atoms with van der Waals surface area (Å²) in [6.07, 6.45) is 0. The summed E-state index contributed by atoms with van der Waals surface area (Å²) in [5.41, 5.74) is 0.526. The molecule has 0 aliphatic carbocycles. The maximum Gasteiger partial charge on any atom is 0.137 e. The number of hydrogen-bond acceptors (Lipinski definition) is 4. The van der Waals surface area contributed by atoms with Gasteiger partial charge in [0, 0.05) is 0 Å². The molecule has 0 bridgehead atoms. The van der Waals surface area contributed by atoms with Gasteiger partial charge in [-0.05, 0) is 43.3 Å². The van der Waals surface area contributed by atoms with Gasteiger partial charge in [0.25, 0.3) is 0 Å². The van der Waals surface area contributed by atoms with Gasteiger partial charge in [0.2, 0.25) is 0 Å². The van der Waals surface area contributed by atoms with E-state index in [1.54, 1.807) is 12.1 Å². The molecule has 0 radical (unpaired) electrons. The van der Waals surface area contributed by atoms with Gasteiger partial charge in [0.1, 0.15) is 36.5 Å². The highest BCUT2D eigenvalue weighted by atomic mass is 16.5. The van der Waals surface area contributed by atoms with Gasteiger partial charge < -0.3 is 14.2 Å². The summed E-state index contributed by atoms with van der Waals surface area (Å²) in [5, 5.41) is 8.95. The SMILES string of the molecule is CCOc1ccc(OCCOc2ccccc2C#N)cc1. The Labute approximate surface area is 124 Å². The predicted octanol–water partition coefficient (Wildman–Crippen LogP) is 3.41. The number of nitrogens with zero attached hydrogens (tertiary/aromatic N) is 1. The Morgan fingerprint density at radius 2 is 1.48 bits per heavy atom. The summed E-state index contributed by atoms with van der Waals surface area (Å²) in [6.45, 7) is 3.38. The average Bonchev–Trinajstić information content (AvgIpc) is 2.54. The molecule has 0 heterocycles. The lowest BCUT2D eigenvalue weighted by molar-refractivity contribution is 0.216. The molecule has 4 heteroatoms. The molecule has 0 saturated heterocycles. The summed E-state index contributed by atoms with van der Waals surface area (Å²) < 4.78 is 16.5. The van der Waals surface area contributed by atoms with Gasteiger partial charge in [0.15, 0.2) is 0 Å². The van der Waals surface area contributed by atoms with Crippen LogP contribution < -0.4 is 14.2 Å². The summed E-state index contributed by atoms with van der Waals surface area (Å²) in [6, 6.07) is 16.7. The second-order valence-corrected chi connectivity index (χ2v) is 4.21. The molecule has 0 amide bonds. The van der Waals surface area contributed by atoms with Crippen molar-refractivity contribution in [3.63, 3.8) is 0 Å². The first kappa shape index (κ1) is 14.7. The molecule has 4 nitrogen and oxygen atoms in total. The minimum atomic E-state index is 0.381. The maximum atomic E-state index is 8.95. The van der Waals surface area contributed by atoms with Crippen molar-refractivity contribution in [1.82, 2.24) is 0 Å². The maximum absolute atomic E-state index is 8.95. The number of rotatable bonds is 7. The first-order chi connectivity index (χ1) is 10.3. The van der Waals surface area contributed by atoms with Crippen molar-refractivity contribution in [3.8, 4) is 23.3 Å². The lowest BCUT2D eigenvalue weighted by atomic mass is 10.2. The number of ether oxygens (including phenoxy) is 3. The topological polar surface area (TPSA) is 51.5 Å². The molecule has 0 saturated carbocycles. The van der Waals surface area contributed by atoms with Crippen LogP contribution >= 0.6 is 0 Å². The zero-order valence-electron chi connectivity index (χ0n) is 11.9. The van der Waals surface area contributed by atoms with Crippen LogP contribution in [0.25, 0.3) is 0 Å². The van der Waals surface area contributed by atoms with Gasteiger partial charge in [-0.25, -0.2) is 0 Å². The number of para-hydroxylation sites is 1. The van der Waals surface area contributed by atoms with E-state index in [1.165, 1.54) is 0 Å². The van der Waals surface area contributed by atoms with Crippen molar-refractivity contribution in [3.05, 3.63) is 54.1 Å². The summed E-state index contributed by atoms with van der Waals surface area (Å²) in [4.78, 5) is 0. The lowest BCUT2D eigenvalue weighted by Crippen LogP contribution is -2.09. The molecule has 2 aromatic rings. The van der Waals surface area contributed by atoms with Crippen LogP contribution in [0.4, 0.5) is 0 Å². The van der Waals surface area contributed by atoms with Crippen molar-refractivity contribution in [1.29, 1.82) is 5.26 Å². The first-order valence-electron chi connectivity index (χ1n) is 6.81.